The number of fused-ring (bicyclic) bond motifs is 2. The Balaban J connectivity index is 2.05. The number of pyridine rings is 1. The number of carbonyl (C=O) groups excluding carboxylic acids is 1. The maximum atomic E-state index is 12.3. The summed E-state index contributed by atoms with van der Waals surface area (Å²) in [6.45, 7) is 0. The maximum Gasteiger partial charge on any atom is 0.254 e. The molecule has 0 saturated carbocycles. The number of benzene rings is 1. The fourth-order valence-electron chi connectivity index (χ4n) is 3.15. The van der Waals surface area contributed by atoms with Crippen LogP contribution in [0.15, 0.2) is 41.7 Å². The molecule has 6 nitrogen and oxygen atoms in total. The molecule has 0 bridgehead atoms. The van der Waals surface area contributed by atoms with Crippen molar-refractivity contribution in [3.8, 4) is 5.69 Å². The number of amides is 1. The smallest absolute Gasteiger partial charge is 0.254 e. The monoisotopic (exact) mass is 306 g/mol. The zero-order valence-corrected chi connectivity index (χ0v) is 12.3. The fourth-order valence-corrected chi connectivity index (χ4v) is 3.15. The zero-order chi connectivity index (χ0) is 16.0. The summed E-state index contributed by atoms with van der Waals surface area (Å²) in [5.74, 6) is -0.754. The average molecular weight is 306 g/mol. The molecule has 2 heterocycles. The third-order valence-corrected chi connectivity index (χ3v) is 4.29. The van der Waals surface area contributed by atoms with Crippen molar-refractivity contribution in [2.45, 2.75) is 19.3 Å². The highest BCUT2D eigenvalue weighted by Crippen LogP contribution is 2.25. The summed E-state index contributed by atoms with van der Waals surface area (Å²) in [7, 11) is 0. The highest BCUT2D eigenvalue weighted by Gasteiger charge is 2.17. The number of primary amides is 1. The van der Waals surface area contributed by atoms with Crippen molar-refractivity contribution in [2.24, 2.45) is 5.73 Å². The Morgan fingerprint density at radius 2 is 2.04 bits per heavy atom. The van der Waals surface area contributed by atoms with Gasteiger partial charge >= 0.3 is 0 Å². The molecule has 2 aromatic heterocycles. The highest BCUT2D eigenvalue weighted by atomic mass is 16.2. The molecule has 23 heavy (non-hydrogen) atoms. The number of hydrogen-bond acceptors (Lipinski definition) is 4. The molecule has 114 valence electrons. The van der Waals surface area contributed by atoms with Crippen LogP contribution in [0.1, 0.15) is 27.9 Å². The minimum Gasteiger partial charge on any atom is -0.365 e. The van der Waals surface area contributed by atoms with Crippen LogP contribution in [0.5, 0.6) is 0 Å². The summed E-state index contributed by atoms with van der Waals surface area (Å²) in [5.41, 5.74) is 8.82. The number of carbonyl (C=O) groups is 1. The number of aromatic nitrogens is 3. The largest absolute Gasteiger partial charge is 0.365 e. The van der Waals surface area contributed by atoms with Gasteiger partial charge < -0.3 is 10.3 Å². The third-order valence-electron chi connectivity index (χ3n) is 4.29. The molecule has 0 spiro atoms. The van der Waals surface area contributed by atoms with Gasteiger partial charge in [0.1, 0.15) is 11.9 Å². The predicted octanol–water partition coefficient (Wildman–Crippen LogP) is 1.37. The molecule has 6 heteroatoms. The minimum atomic E-state index is -0.754. The van der Waals surface area contributed by atoms with Crippen molar-refractivity contribution < 1.29 is 4.79 Å². The first kappa shape index (κ1) is 13.6. The quantitative estimate of drug-likeness (QED) is 0.774. The highest BCUT2D eigenvalue weighted by molar-refractivity contribution is 5.95. The van der Waals surface area contributed by atoms with Crippen molar-refractivity contribution in [1.29, 1.82) is 0 Å². The number of hydrogen-bond donors (Lipinski definition) is 1. The Hall–Kier alpha value is -3.02. The van der Waals surface area contributed by atoms with Gasteiger partial charge in [-0.15, -0.1) is 0 Å². The van der Waals surface area contributed by atoms with Crippen LogP contribution >= 0.6 is 0 Å². The fraction of sp³-hybridized carbons (Fsp3) is 0.176. The maximum absolute atomic E-state index is 12.3. The van der Waals surface area contributed by atoms with E-state index in [2.05, 4.69) is 22.1 Å². The van der Waals surface area contributed by atoms with Crippen LogP contribution in [0.2, 0.25) is 0 Å². The normalized spacial score (nSPS) is 13.2. The van der Waals surface area contributed by atoms with Crippen LogP contribution in [-0.4, -0.2) is 20.4 Å². The van der Waals surface area contributed by atoms with Crippen molar-refractivity contribution >= 4 is 16.9 Å². The van der Waals surface area contributed by atoms with E-state index in [0.29, 0.717) is 5.65 Å². The van der Waals surface area contributed by atoms with Crippen LogP contribution in [0.4, 0.5) is 0 Å². The molecule has 3 aromatic rings. The van der Waals surface area contributed by atoms with Gasteiger partial charge in [0.15, 0.2) is 5.65 Å². The average Bonchev–Trinajstić information content (AvgIpc) is 3.02. The number of aryl methyl sites for hydroxylation is 2. The lowest BCUT2D eigenvalue weighted by Crippen LogP contribution is -2.24. The van der Waals surface area contributed by atoms with E-state index >= 15 is 0 Å². The lowest BCUT2D eigenvalue weighted by molar-refractivity contribution is 0.0999. The minimum absolute atomic E-state index is 0.0622. The van der Waals surface area contributed by atoms with Gasteiger partial charge in [-0.2, -0.15) is 0 Å². The van der Waals surface area contributed by atoms with Gasteiger partial charge in [-0.05, 0) is 42.5 Å². The number of nitrogens with two attached hydrogens (primary N) is 1. The topological polar surface area (TPSA) is 90.9 Å². The molecule has 0 aliphatic heterocycles. The van der Waals surface area contributed by atoms with E-state index in [9.17, 15) is 9.59 Å². The first-order chi connectivity index (χ1) is 11.1. The van der Waals surface area contributed by atoms with E-state index in [1.165, 1.54) is 29.8 Å². The van der Waals surface area contributed by atoms with Gasteiger partial charge in [-0.3, -0.25) is 9.59 Å². The van der Waals surface area contributed by atoms with Gasteiger partial charge in [0.2, 0.25) is 5.43 Å². The zero-order valence-electron chi connectivity index (χ0n) is 12.3. The summed E-state index contributed by atoms with van der Waals surface area (Å²) in [6.07, 6.45) is 7.56. The Morgan fingerprint density at radius 3 is 2.87 bits per heavy atom. The van der Waals surface area contributed by atoms with E-state index < -0.39 is 11.3 Å². The molecular weight excluding hydrogens is 292 g/mol. The van der Waals surface area contributed by atoms with Crippen LogP contribution in [0.25, 0.3) is 16.7 Å². The Morgan fingerprint density at radius 1 is 1.22 bits per heavy atom. The lowest BCUT2D eigenvalue weighted by Gasteiger charge is -2.12. The molecule has 4 rings (SSSR count). The molecule has 1 amide bonds. The summed E-state index contributed by atoms with van der Waals surface area (Å²) in [4.78, 5) is 32.1. The van der Waals surface area contributed by atoms with Gasteiger partial charge in [0.25, 0.3) is 5.91 Å². The van der Waals surface area contributed by atoms with E-state index in [1.807, 2.05) is 6.07 Å². The van der Waals surface area contributed by atoms with Gasteiger partial charge in [0, 0.05) is 18.1 Å². The second-order valence-electron chi connectivity index (χ2n) is 5.67. The van der Waals surface area contributed by atoms with E-state index in [0.717, 1.165) is 24.9 Å². The second kappa shape index (κ2) is 5.01. The van der Waals surface area contributed by atoms with Crippen LogP contribution in [0.3, 0.4) is 0 Å². The molecule has 1 aliphatic rings. The lowest BCUT2D eigenvalue weighted by atomic mass is 10.1. The molecule has 1 aromatic carbocycles. The van der Waals surface area contributed by atoms with Crippen molar-refractivity contribution in [3.05, 3.63) is 63.8 Å². The van der Waals surface area contributed by atoms with E-state index in [4.69, 9.17) is 5.73 Å². The Bertz CT molecular complexity index is 1010. The standard InChI is InChI=1S/C17H14N4O2/c18-16(23)14-8-21(17-13(15(14)22)7-19-9-20-17)12-5-4-10-2-1-3-11(10)6-12/h4-9H,1-3H2,(H2,18,23). The summed E-state index contributed by atoms with van der Waals surface area (Å²) in [5, 5.41) is 0.282. The SMILES string of the molecule is NC(=O)c1cn(-c2ccc3c(c2)CCC3)c2ncncc2c1=O. The van der Waals surface area contributed by atoms with Crippen LogP contribution in [0, 0.1) is 0 Å². The molecular formula is C17H14N4O2. The van der Waals surface area contributed by atoms with Crippen molar-refractivity contribution in [2.75, 3.05) is 0 Å². The summed E-state index contributed by atoms with van der Waals surface area (Å²) < 4.78 is 1.73. The molecule has 0 fully saturated rings. The summed E-state index contributed by atoms with van der Waals surface area (Å²) >= 11 is 0. The summed E-state index contributed by atoms with van der Waals surface area (Å²) in [6, 6.07) is 6.15. The Labute approximate surface area is 131 Å². The number of rotatable bonds is 2. The molecule has 0 radical (unpaired) electrons. The first-order valence-corrected chi connectivity index (χ1v) is 7.42. The van der Waals surface area contributed by atoms with Crippen molar-refractivity contribution in [3.63, 3.8) is 0 Å². The molecule has 0 unspecified atom stereocenters. The van der Waals surface area contributed by atoms with Gasteiger partial charge in [-0.1, -0.05) is 6.07 Å². The Kier molecular flexibility index (Phi) is 2.97. The molecule has 0 saturated heterocycles. The van der Waals surface area contributed by atoms with Gasteiger partial charge in [0.05, 0.1) is 5.39 Å². The second-order valence-corrected chi connectivity index (χ2v) is 5.67. The van der Waals surface area contributed by atoms with Gasteiger partial charge in [-0.25, -0.2) is 9.97 Å². The predicted molar refractivity (Wildman–Crippen MR) is 85.7 cm³/mol. The third kappa shape index (κ3) is 2.11. The van der Waals surface area contributed by atoms with E-state index in [1.54, 1.807) is 4.57 Å². The van der Waals surface area contributed by atoms with E-state index in [-0.39, 0.29) is 10.9 Å². The van der Waals surface area contributed by atoms with Crippen LogP contribution in [-0.2, 0) is 12.8 Å². The molecule has 0 atom stereocenters. The first-order valence-electron chi connectivity index (χ1n) is 7.42. The molecule has 1 aliphatic carbocycles. The number of nitrogens with zero attached hydrogens (tertiary/aromatic N) is 3. The van der Waals surface area contributed by atoms with Crippen molar-refractivity contribution in [1.82, 2.24) is 14.5 Å². The molecule has 2 N–H and O–H groups in total. The van der Waals surface area contributed by atoms with Crippen LogP contribution < -0.4 is 11.2 Å².